The van der Waals surface area contributed by atoms with Crippen LogP contribution >= 0.6 is 50.1 Å². The zero-order chi connectivity index (χ0) is 14.0. The molecular formula is C13H11BrClIN2O. The van der Waals surface area contributed by atoms with Gasteiger partial charge in [0.15, 0.2) is 5.82 Å². The predicted octanol–water partition coefficient (Wildman–Crippen LogP) is 4.74. The summed E-state index contributed by atoms with van der Waals surface area (Å²) in [5.74, 6) is 1.40. The first kappa shape index (κ1) is 15.0. The average molecular weight is 454 g/mol. The summed E-state index contributed by atoms with van der Waals surface area (Å²) in [5, 5.41) is 0.495. The van der Waals surface area contributed by atoms with Gasteiger partial charge < -0.3 is 4.74 Å². The predicted molar refractivity (Wildman–Crippen MR) is 88.8 cm³/mol. The van der Waals surface area contributed by atoms with Crippen LogP contribution in [0.2, 0.25) is 5.15 Å². The van der Waals surface area contributed by atoms with Crippen LogP contribution in [0.1, 0.15) is 12.6 Å². The van der Waals surface area contributed by atoms with Gasteiger partial charge in [0.1, 0.15) is 10.9 Å². The third-order valence-electron chi connectivity index (χ3n) is 2.62. The van der Waals surface area contributed by atoms with Gasteiger partial charge in [0, 0.05) is 5.56 Å². The number of hydrogen-bond donors (Lipinski definition) is 0. The molecule has 100 valence electrons. The van der Waals surface area contributed by atoms with Gasteiger partial charge in [-0.15, -0.1) is 0 Å². The Morgan fingerprint density at radius 1 is 1.37 bits per heavy atom. The van der Waals surface area contributed by atoms with E-state index in [-0.39, 0.29) is 0 Å². The summed E-state index contributed by atoms with van der Waals surface area (Å²) in [6.07, 6.45) is 0.824. The highest BCUT2D eigenvalue weighted by Gasteiger charge is 2.12. The van der Waals surface area contributed by atoms with Crippen LogP contribution < -0.4 is 4.74 Å². The highest BCUT2D eigenvalue weighted by Crippen LogP contribution is 2.30. The number of methoxy groups -OCH3 is 1. The summed E-state index contributed by atoms with van der Waals surface area (Å²) in [4.78, 5) is 8.89. The van der Waals surface area contributed by atoms with Gasteiger partial charge in [-0.3, -0.25) is 0 Å². The van der Waals surface area contributed by atoms with E-state index in [1.165, 1.54) is 0 Å². The lowest BCUT2D eigenvalue weighted by Crippen LogP contribution is -1.99. The summed E-state index contributed by atoms with van der Waals surface area (Å²) in [6.45, 7) is 2.05. The molecule has 0 aliphatic heterocycles. The first-order valence-electron chi connectivity index (χ1n) is 5.62. The summed E-state index contributed by atoms with van der Waals surface area (Å²) < 4.78 is 6.99. The molecule has 0 radical (unpaired) electrons. The second-order valence-electron chi connectivity index (χ2n) is 3.80. The Balaban J connectivity index is 2.53. The number of hydrogen-bond acceptors (Lipinski definition) is 3. The Bertz CT molecular complexity index is 622. The molecule has 6 heteroatoms. The van der Waals surface area contributed by atoms with Gasteiger partial charge >= 0.3 is 0 Å². The lowest BCUT2D eigenvalue weighted by Gasteiger charge is -2.08. The van der Waals surface area contributed by atoms with Crippen LogP contribution in [0.5, 0.6) is 5.75 Å². The van der Waals surface area contributed by atoms with Crippen LogP contribution in [0, 0.1) is 3.57 Å². The summed E-state index contributed by atoms with van der Waals surface area (Å²) >= 11 is 11.8. The molecule has 1 aromatic carbocycles. The first-order chi connectivity index (χ1) is 9.06. The molecule has 0 unspecified atom stereocenters. The Labute approximate surface area is 139 Å². The molecule has 3 nitrogen and oxygen atoms in total. The largest absolute Gasteiger partial charge is 0.496 e. The van der Waals surface area contributed by atoms with E-state index in [4.69, 9.17) is 16.3 Å². The van der Waals surface area contributed by atoms with Gasteiger partial charge in [0.2, 0.25) is 0 Å². The maximum atomic E-state index is 6.15. The van der Waals surface area contributed by atoms with Crippen molar-refractivity contribution in [1.82, 2.24) is 9.97 Å². The van der Waals surface area contributed by atoms with Gasteiger partial charge in [0.05, 0.1) is 20.8 Å². The molecule has 0 aliphatic carbocycles. The van der Waals surface area contributed by atoms with Gasteiger partial charge in [-0.25, -0.2) is 9.97 Å². The fourth-order valence-corrected chi connectivity index (χ4v) is 2.98. The zero-order valence-corrected chi connectivity index (χ0v) is 14.9. The lowest BCUT2D eigenvalue weighted by atomic mass is 10.2. The normalized spacial score (nSPS) is 10.6. The van der Waals surface area contributed by atoms with Crippen LogP contribution in [-0.2, 0) is 6.42 Å². The van der Waals surface area contributed by atoms with Crippen molar-refractivity contribution < 1.29 is 4.74 Å². The minimum absolute atomic E-state index is 0.495. The van der Waals surface area contributed by atoms with Crippen molar-refractivity contribution in [3.05, 3.63) is 37.1 Å². The zero-order valence-electron chi connectivity index (χ0n) is 10.4. The molecule has 0 N–H and O–H groups in total. The topological polar surface area (TPSA) is 35.0 Å². The van der Waals surface area contributed by atoms with Crippen LogP contribution in [0.25, 0.3) is 11.4 Å². The molecule has 0 saturated carbocycles. The number of nitrogens with zero attached hydrogens (tertiary/aromatic N) is 2. The quantitative estimate of drug-likeness (QED) is 0.498. The van der Waals surface area contributed by atoms with Gasteiger partial charge in [-0.05, 0) is 63.1 Å². The van der Waals surface area contributed by atoms with E-state index in [2.05, 4.69) is 55.4 Å². The fourth-order valence-electron chi connectivity index (χ4n) is 1.63. The van der Waals surface area contributed by atoms with E-state index in [1.54, 1.807) is 7.11 Å². The van der Waals surface area contributed by atoms with E-state index < -0.39 is 0 Å². The SMILES string of the molecule is CCc1nc(-c2ccc(OC)c(Br)c2)nc(Cl)c1I. The van der Waals surface area contributed by atoms with Gasteiger partial charge in [-0.2, -0.15) is 0 Å². The molecule has 1 aromatic heterocycles. The number of ether oxygens (including phenoxy) is 1. The summed E-state index contributed by atoms with van der Waals surface area (Å²) in [7, 11) is 1.63. The Morgan fingerprint density at radius 3 is 2.68 bits per heavy atom. The van der Waals surface area contributed by atoms with Gasteiger partial charge in [0.25, 0.3) is 0 Å². The Kier molecular flexibility index (Phi) is 5.03. The third kappa shape index (κ3) is 3.20. The number of aryl methyl sites for hydroxylation is 1. The third-order valence-corrected chi connectivity index (χ3v) is 4.97. The molecule has 1 heterocycles. The van der Waals surface area contributed by atoms with Crippen LogP contribution in [0.15, 0.2) is 22.7 Å². The molecule has 0 spiro atoms. The minimum Gasteiger partial charge on any atom is -0.496 e. The molecule has 19 heavy (non-hydrogen) atoms. The Hall–Kier alpha value is -0.400. The maximum absolute atomic E-state index is 6.15. The molecule has 0 amide bonds. The van der Waals surface area contributed by atoms with Crippen molar-refractivity contribution in [2.75, 3.05) is 7.11 Å². The van der Waals surface area contributed by atoms with Crippen molar-refractivity contribution in [1.29, 1.82) is 0 Å². The van der Waals surface area contributed by atoms with E-state index in [0.29, 0.717) is 11.0 Å². The highest BCUT2D eigenvalue weighted by molar-refractivity contribution is 14.1. The number of benzene rings is 1. The van der Waals surface area contributed by atoms with E-state index in [1.807, 2.05) is 18.2 Å². The van der Waals surface area contributed by atoms with Gasteiger partial charge in [-0.1, -0.05) is 18.5 Å². The van der Waals surface area contributed by atoms with Crippen LogP contribution in [0.3, 0.4) is 0 Å². The van der Waals surface area contributed by atoms with Crippen molar-refractivity contribution in [2.24, 2.45) is 0 Å². The fraction of sp³-hybridized carbons (Fsp3) is 0.231. The second-order valence-corrected chi connectivity index (χ2v) is 6.09. The molecule has 2 aromatic rings. The van der Waals surface area contributed by atoms with Crippen molar-refractivity contribution in [2.45, 2.75) is 13.3 Å². The van der Waals surface area contributed by atoms with Crippen molar-refractivity contribution >= 4 is 50.1 Å². The minimum atomic E-state index is 0.495. The van der Waals surface area contributed by atoms with Crippen LogP contribution in [-0.4, -0.2) is 17.1 Å². The van der Waals surface area contributed by atoms with E-state index >= 15 is 0 Å². The highest BCUT2D eigenvalue weighted by atomic mass is 127. The smallest absolute Gasteiger partial charge is 0.161 e. The molecule has 0 aliphatic rings. The average Bonchev–Trinajstić information content (AvgIpc) is 2.41. The molecule has 2 rings (SSSR count). The molecule has 0 bridgehead atoms. The monoisotopic (exact) mass is 452 g/mol. The first-order valence-corrected chi connectivity index (χ1v) is 7.87. The Morgan fingerprint density at radius 2 is 2.11 bits per heavy atom. The van der Waals surface area contributed by atoms with E-state index in [0.717, 1.165) is 31.5 Å². The molecule has 0 saturated heterocycles. The molecule has 0 fully saturated rings. The van der Waals surface area contributed by atoms with Crippen molar-refractivity contribution in [3.8, 4) is 17.1 Å². The second kappa shape index (κ2) is 6.37. The van der Waals surface area contributed by atoms with E-state index in [9.17, 15) is 0 Å². The maximum Gasteiger partial charge on any atom is 0.161 e. The lowest BCUT2D eigenvalue weighted by molar-refractivity contribution is 0.412. The number of aromatic nitrogens is 2. The standard InChI is InChI=1S/C13H11BrClIN2O/c1-3-9-11(16)12(15)18-13(17-9)7-4-5-10(19-2)8(14)6-7/h4-6H,3H2,1-2H3. The van der Waals surface area contributed by atoms with Crippen LogP contribution in [0.4, 0.5) is 0 Å². The number of halogens is 3. The van der Waals surface area contributed by atoms with Crippen molar-refractivity contribution in [3.63, 3.8) is 0 Å². The molecule has 0 atom stereocenters. The summed E-state index contributed by atoms with van der Waals surface area (Å²) in [5.41, 5.74) is 1.86. The number of rotatable bonds is 3. The summed E-state index contributed by atoms with van der Waals surface area (Å²) in [6, 6.07) is 5.72. The molecular weight excluding hydrogens is 442 g/mol.